The molecule has 6 aromatic carbocycles. The molecule has 0 saturated heterocycles. The van der Waals surface area contributed by atoms with Gasteiger partial charge < -0.3 is 43.7 Å². The number of hydrogen-bond acceptors (Lipinski definition) is 12. The van der Waals surface area contributed by atoms with Crippen LogP contribution in [0.2, 0.25) is 0 Å². The minimum absolute atomic E-state index is 0.0535. The van der Waals surface area contributed by atoms with Gasteiger partial charge in [-0.25, -0.2) is 0 Å². The van der Waals surface area contributed by atoms with Crippen LogP contribution in [0.25, 0.3) is 0 Å². The number of phenols is 1. The number of rotatable bonds is 9. The number of phenolic OH excluding ortho intramolecular Hbond substituents is 1. The third kappa shape index (κ3) is 11.6. The molecule has 7 atom stereocenters. The van der Waals surface area contributed by atoms with Crippen molar-refractivity contribution in [3.8, 4) is 34.5 Å². The van der Waals surface area contributed by atoms with Gasteiger partial charge in [0.1, 0.15) is 23.0 Å². The van der Waals surface area contributed by atoms with Gasteiger partial charge in [-0.1, -0.05) is 72.8 Å². The highest BCUT2D eigenvalue weighted by atomic mass is 32.2. The van der Waals surface area contributed by atoms with E-state index in [0.29, 0.717) is 17.3 Å². The van der Waals surface area contributed by atoms with Crippen LogP contribution in [-0.4, -0.2) is 57.2 Å². The second kappa shape index (κ2) is 22.3. The number of benzene rings is 6. The number of alkyl halides is 3. The zero-order valence-corrected chi connectivity index (χ0v) is 40.2. The molecule has 67 heavy (non-hydrogen) atoms. The Morgan fingerprint density at radius 2 is 1.13 bits per heavy atom. The predicted octanol–water partition coefficient (Wildman–Crippen LogP) is 13.0. The van der Waals surface area contributed by atoms with Gasteiger partial charge in [-0.2, -0.15) is 0 Å². The Balaban J connectivity index is 0.000000150. The average Bonchev–Trinajstić information content (AvgIpc) is 3.34. The van der Waals surface area contributed by atoms with Crippen molar-refractivity contribution in [2.24, 2.45) is 0 Å². The van der Waals surface area contributed by atoms with Gasteiger partial charge >= 0.3 is 6.36 Å². The van der Waals surface area contributed by atoms with E-state index in [2.05, 4.69) is 23.8 Å². The van der Waals surface area contributed by atoms with Crippen LogP contribution in [0, 0.1) is 0 Å². The first kappa shape index (κ1) is 49.7. The third-order valence-electron chi connectivity index (χ3n) is 11.8. The van der Waals surface area contributed by atoms with Gasteiger partial charge in [-0.3, -0.25) is 0 Å². The number of ether oxygens (including phenoxy) is 6. The van der Waals surface area contributed by atoms with Crippen LogP contribution in [0.5, 0.6) is 34.5 Å². The Hall–Kier alpha value is -5.16. The Bertz CT molecular complexity index is 2560. The van der Waals surface area contributed by atoms with Gasteiger partial charge in [-0.05, 0) is 106 Å². The normalized spacial score (nSPS) is 21.6. The first-order valence-electron chi connectivity index (χ1n) is 21.3. The van der Waals surface area contributed by atoms with Crippen LogP contribution in [0.3, 0.4) is 0 Å². The maximum Gasteiger partial charge on any atom is 0.573 e. The lowest BCUT2D eigenvalue weighted by molar-refractivity contribution is -0.274. The van der Waals surface area contributed by atoms with Gasteiger partial charge in [0.05, 0.1) is 62.5 Å². The highest BCUT2D eigenvalue weighted by Crippen LogP contribution is 2.57. The Labute approximate surface area is 401 Å². The van der Waals surface area contributed by atoms with Gasteiger partial charge in [0.15, 0.2) is 11.5 Å². The molecule has 0 bridgehead atoms. The topological polar surface area (TPSA) is 116 Å². The summed E-state index contributed by atoms with van der Waals surface area (Å²) in [6.45, 7) is 2.10. The summed E-state index contributed by atoms with van der Waals surface area (Å²) in [5.41, 5.74) is 8.98. The van der Waals surface area contributed by atoms with E-state index in [-0.39, 0.29) is 38.6 Å². The molecular formula is C52H53F3O9S3. The Morgan fingerprint density at radius 1 is 0.552 bits per heavy atom. The molecule has 0 aliphatic carbocycles. The van der Waals surface area contributed by atoms with E-state index in [9.17, 15) is 28.5 Å². The summed E-state index contributed by atoms with van der Waals surface area (Å²) in [6.07, 6.45) is -6.06. The number of aromatic hydroxyl groups is 1. The van der Waals surface area contributed by atoms with Crippen molar-refractivity contribution in [2.45, 2.75) is 64.1 Å². The first-order valence-corrected chi connectivity index (χ1v) is 24.4. The van der Waals surface area contributed by atoms with E-state index in [1.54, 1.807) is 89.0 Å². The van der Waals surface area contributed by atoms with Crippen molar-refractivity contribution < 1.29 is 56.9 Å². The molecule has 6 aromatic rings. The van der Waals surface area contributed by atoms with E-state index < -0.39 is 18.6 Å². The number of aliphatic hydroxyl groups is 2. The number of thioether (sulfide) groups is 3. The number of fused-ring (bicyclic) bond motifs is 3. The van der Waals surface area contributed by atoms with Crippen LogP contribution >= 0.6 is 35.3 Å². The van der Waals surface area contributed by atoms with Crippen LogP contribution < -0.4 is 23.7 Å². The zero-order valence-electron chi connectivity index (χ0n) is 37.7. The van der Waals surface area contributed by atoms with E-state index in [0.717, 1.165) is 56.2 Å². The van der Waals surface area contributed by atoms with Gasteiger partial charge in [0, 0.05) is 29.4 Å². The van der Waals surface area contributed by atoms with Crippen molar-refractivity contribution >= 4 is 35.3 Å². The lowest BCUT2D eigenvalue weighted by Crippen LogP contribution is -2.19. The van der Waals surface area contributed by atoms with Gasteiger partial charge in [-0.15, -0.1) is 48.5 Å². The molecule has 9 nitrogen and oxygen atoms in total. The highest BCUT2D eigenvalue weighted by molar-refractivity contribution is 8.00. The van der Waals surface area contributed by atoms with Gasteiger partial charge in [0.25, 0.3) is 0 Å². The quantitative estimate of drug-likeness (QED) is 0.128. The summed E-state index contributed by atoms with van der Waals surface area (Å²) < 4.78 is 68.2. The summed E-state index contributed by atoms with van der Waals surface area (Å²) in [7, 11) is 8.10. The molecule has 0 saturated carbocycles. The minimum atomic E-state index is -4.69. The fourth-order valence-corrected chi connectivity index (χ4v) is 12.6. The highest BCUT2D eigenvalue weighted by Gasteiger charge is 2.38. The summed E-state index contributed by atoms with van der Waals surface area (Å²) in [6, 6.07) is 39.1. The molecule has 7 unspecified atom stereocenters. The third-order valence-corrected chi connectivity index (χ3v) is 15.9. The van der Waals surface area contributed by atoms with Crippen molar-refractivity contribution in [3.63, 3.8) is 0 Å². The fraction of sp³-hybridized carbons (Fsp3) is 0.308. The number of halogens is 3. The second-order valence-electron chi connectivity index (χ2n) is 15.8. The Morgan fingerprint density at radius 3 is 1.78 bits per heavy atom. The summed E-state index contributed by atoms with van der Waals surface area (Å²) in [4.78, 5) is 0. The average molecular weight is 975 g/mol. The minimum Gasteiger partial charge on any atom is -0.508 e. The zero-order chi connectivity index (χ0) is 47.8. The summed E-state index contributed by atoms with van der Waals surface area (Å²) in [5, 5.41) is 31.2. The van der Waals surface area contributed by atoms with Crippen LogP contribution in [-0.2, 0) is 16.2 Å². The van der Waals surface area contributed by atoms with E-state index >= 15 is 0 Å². The number of methoxy groups -OCH3 is 5. The monoisotopic (exact) mass is 974 g/mol. The van der Waals surface area contributed by atoms with Crippen molar-refractivity contribution in [1.29, 1.82) is 0 Å². The van der Waals surface area contributed by atoms with Crippen LogP contribution in [0.4, 0.5) is 13.2 Å². The standard InChI is InChI=1S/C18H17F3O3S.C18H20O4S.C16H16O2S/c1-22-13-5-3-11(4-6-13)17-16(23-2)15-8-7-14(24-18(19,20)21)9-12(15)10-25-17;1-10-15-13(8-9-14(21-2)17(15)22-3)16(20)18(23-10)11-4-6-12(19)7-5-11;1-18-13-8-7-12-10-19-16(15(17)14(12)9-13)11-5-3-2-4-6-11/h3-9,16-17H,10H2,1-2H3;4-10,16,18-20H,1-3H3;2-9,15-17H,10H2,1H3. The maximum absolute atomic E-state index is 12.4. The lowest BCUT2D eigenvalue weighted by Gasteiger charge is -2.35. The lowest BCUT2D eigenvalue weighted by atomic mass is 9.93. The van der Waals surface area contributed by atoms with Crippen molar-refractivity contribution in [3.05, 3.63) is 177 Å². The molecule has 3 heterocycles. The SMILES string of the molecule is COc1ccc(C2SCc3cc(OC(F)(F)F)ccc3C2OC)cc1.COc1ccc2c(c1)C(O)C(c1ccccc1)SC2.COc1ccc2c(c1OC)C(C)SC(c1ccc(O)cc1)C2O. The molecule has 0 aromatic heterocycles. The molecule has 3 N–H and O–H groups in total. The van der Waals surface area contributed by atoms with Crippen molar-refractivity contribution in [2.75, 3.05) is 35.5 Å². The number of aliphatic hydroxyl groups excluding tert-OH is 2. The molecule has 0 spiro atoms. The molecule has 354 valence electrons. The molecule has 0 radical (unpaired) electrons. The molecule has 3 aliphatic heterocycles. The summed E-state index contributed by atoms with van der Waals surface area (Å²) >= 11 is 5.10. The molecular weight excluding hydrogens is 922 g/mol. The van der Waals surface area contributed by atoms with Crippen LogP contribution in [0.1, 0.15) is 96.3 Å². The predicted molar refractivity (Wildman–Crippen MR) is 260 cm³/mol. The van der Waals surface area contributed by atoms with E-state index in [1.165, 1.54) is 23.3 Å². The smallest absolute Gasteiger partial charge is 0.508 e. The largest absolute Gasteiger partial charge is 0.573 e. The van der Waals surface area contributed by atoms with E-state index in [4.69, 9.17) is 23.7 Å². The molecule has 0 fully saturated rings. The molecule has 3 aliphatic rings. The maximum atomic E-state index is 12.4. The van der Waals surface area contributed by atoms with Crippen LogP contribution in [0.15, 0.2) is 127 Å². The number of hydrogen-bond donors (Lipinski definition) is 3. The molecule has 9 rings (SSSR count). The van der Waals surface area contributed by atoms with E-state index in [1.807, 2.05) is 84.9 Å². The summed E-state index contributed by atoms with van der Waals surface area (Å²) in [5.74, 6) is 4.47. The molecule has 15 heteroatoms. The molecule has 0 amide bonds. The first-order chi connectivity index (χ1) is 32.3. The second-order valence-corrected chi connectivity index (χ2v) is 19.5. The fourth-order valence-electron chi connectivity index (χ4n) is 8.48. The Kier molecular flexibility index (Phi) is 16.6. The van der Waals surface area contributed by atoms with Gasteiger partial charge in [0.2, 0.25) is 0 Å². The van der Waals surface area contributed by atoms with Crippen molar-refractivity contribution in [1.82, 2.24) is 0 Å².